The molecule has 5 rings (SSSR count). The number of methoxy groups -OCH3 is 1. The molecule has 1 aliphatic carbocycles. The van der Waals surface area contributed by atoms with Crippen LogP contribution in [0.5, 0.6) is 0 Å². The molecule has 4 aromatic heterocycles. The molecule has 0 bridgehead atoms. The molecule has 2 N–H and O–H groups in total. The number of amides is 1. The molecule has 1 saturated carbocycles. The lowest BCUT2D eigenvalue weighted by Gasteiger charge is -2.16. The van der Waals surface area contributed by atoms with Crippen LogP contribution >= 0.6 is 34.9 Å². The van der Waals surface area contributed by atoms with Gasteiger partial charge in [-0.3, -0.25) is 4.79 Å². The van der Waals surface area contributed by atoms with E-state index in [1.54, 1.807) is 60.5 Å². The first-order chi connectivity index (χ1) is 16.1. The van der Waals surface area contributed by atoms with Crippen molar-refractivity contribution in [3.63, 3.8) is 0 Å². The fraction of sp³-hybridized carbons (Fsp3) is 0.286. The summed E-state index contributed by atoms with van der Waals surface area (Å²) in [6.45, 7) is 0.232. The molecule has 0 aliphatic heterocycles. The maximum absolute atomic E-state index is 13.0. The van der Waals surface area contributed by atoms with Crippen LogP contribution in [0.25, 0.3) is 16.0 Å². The molecule has 1 unspecified atom stereocenters. The molecule has 0 spiro atoms. The standard InChI is InChI=1S/C21H20ClN7O2S2/c1-31-11-15(19-23-6-4-18(27-19)28-33-13-2-3-13)26-20(30)21-24-10-17(32-21)14-9-25-29-7-5-12(22)8-16(14)29/h4-10,13,15H,2-3,11H2,1H3,(H,26,30)(H,23,27,28). The third-order valence-corrected chi connectivity index (χ3v) is 7.32. The van der Waals surface area contributed by atoms with Crippen LogP contribution in [-0.2, 0) is 4.74 Å². The molecule has 33 heavy (non-hydrogen) atoms. The lowest BCUT2D eigenvalue weighted by molar-refractivity contribution is 0.0891. The topological polar surface area (TPSA) is 106 Å². The van der Waals surface area contributed by atoms with Crippen molar-refractivity contribution in [2.24, 2.45) is 0 Å². The zero-order valence-corrected chi connectivity index (χ0v) is 20.0. The van der Waals surface area contributed by atoms with Crippen LogP contribution in [0.1, 0.15) is 34.5 Å². The number of aromatic nitrogens is 5. The van der Waals surface area contributed by atoms with E-state index in [4.69, 9.17) is 16.3 Å². The maximum Gasteiger partial charge on any atom is 0.280 e. The molecule has 0 aromatic carbocycles. The van der Waals surface area contributed by atoms with Gasteiger partial charge in [0.05, 0.1) is 23.2 Å². The molecule has 1 amide bonds. The van der Waals surface area contributed by atoms with Crippen molar-refractivity contribution < 1.29 is 9.53 Å². The van der Waals surface area contributed by atoms with E-state index in [0.29, 0.717) is 26.9 Å². The van der Waals surface area contributed by atoms with E-state index >= 15 is 0 Å². The smallest absolute Gasteiger partial charge is 0.280 e. The van der Waals surface area contributed by atoms with Crippen molar-refractivity contribution >= 4 is 52.1 Å². The van der Waals surface area contributed by atoms with Crippen molar-refractivity contribution in [1.29, 1.82) is 0 Å². The number of carbonyl (C=O) groups is 1. The summed E-state index contributed by atoms with van der Waals surface area (Å²) < 4.78 is 10.3. The normalized spacial score (nSPS) is 14.4. The van der Waals surface area contributed by atoms with E-state index in [-0.39, 0.29) is 12.5 Å². The molecule has 1 atom stereocenters. The van der Waals surface area contributed by atoms with Crippen LogP contribution in [-0.4, -0.2) is 49.4 Å². The lowest BCUT2D eigenvalue weighted by Crippen LogP contribution is -2.32. The van der Waals surface area contributed by atoms with E-state index < -0.39 is 6.04 Å². The van der Waals surface area contributed by atoms with Gasteiger partial charge in [-0.15, -0.1) is 11.3 Å². The second-order valence-corrected chi connectivity index (χ2v) is 10.0. The molecule has 9 nitrogen and oxygen atoms in total. The quantitative estimate of drug-likeness (QED) is 0.328. The van der Waals surface area contributed by atoms with E-state index in [1.807, 2.05) is 6.07 Å². The molecule has 0 saturated heterocycles. The Kier molecular flexibility index (Phi) is 6.45. The number of halogens is 1. The first-order valence-electron chi connectivity index (χ1n) is 10.2. The third kappa shape index (κ3) is 5.11. The lowest BCUT2D eigenvalue weighted by atomic mass is 10.2. The van der Waals surface area contributed by atoms with Gasteiger partial charge < -0.3 is 14.8 Å². The highest BCUT2D eigenvalue weighted by atomic mass is 35.5. The van der Waals surface area contributed by atoms with E-state index in [1.165, 1.54) is 24.2 Å². The molecule has 1 aliphatic rings. The number of nitrogens with one attached hydrogen (secondary N) is 2. The summed E-state index contributed by atoms with van der Waals surface area (Å²) in [7, 11) is 1.57. The van der Waals surface area contributed by atoms with Crippen LogP contribution < -0.4 is 10.0 Å². The number of nitrogens with zero attached hydrogens (tertiary/aromatic N) is 5. The Morgan fingerprint density at radius 3 is 3.06 bits per heavy atom. The van der Waals surface area contributed by atoms with Crippen molar-refractivity contribution in [2.45, 2.75) is 24.1 Å². The van der Waals surface area contributed by atoms with Gasteiger partial charge in [0.2, 0.25) is 0 Å². The van der Waals surface area contributed by atoms with Gasteiger partial charge in [-0.2, -0.15) is 5.10 Å². The number of ether oxygens (including phenoxy) is 1. The van der Waals surface area contributed by atoms with Crippen molar-refractivity contribution in [2.75, 3.05) is 18.4 Å². The highest BCUT2D eigenvalue weighted by Crippen LogP contribution is 2.34. The van der Waals surface area contributed by atoms with Crippen LogP contribution in [0.3, 0.4) is 0 Å². The Morgan fingerprint density at radius 2 is 2.24 bits per heavy atom. The number of carbonyl (C=O) groups excluding carboxylic acids is 1. The summed E-state index contributed by atoms with van der Waals surface area (Å²) in [5, 5.41) is 8.86. The summed E-state index contributed by atoms with van der Waals surface area (Å²) >= 11 is 9.08. The first-order valence-corrected chi connectivity index (χ1v) is 12.3. The van der Waals surface area contributed by atoms with Gasteiger partial charge in [0.25, 0.3) is 5.91 Å². The maximum atomic E-state index is 13.0. The third-order valence-electron chi connectivity index (χ3n) is 4.93. The first kappa shape index (κ1) is 22.1. The Hall–Kier alpha value is -2.73. The fourth-order valence-electron chi connectivity index (χ4n) is 3.14. The predicted octanol–water partition coefficient (Wildman–Crippen LogP) is 4.24. The van der Waals surface area contributed by atoms with Gasteiger partial charge in [-0.1, -0.05) is 11.6 Å². The van der Waals surface area contributed by atoms with Crippen molar-refractivity contribution in [3.05, 3.63) is 58.8 Å². The van der Waals surface area contributed by atoms with E-state index in [2.05, 4.69) is 30.1 Å². The monoisotopic (exact) mass is 501 g/mol. The van der Waals surface area contributed by atoms with Gasteiger partial charge in [0.1, 0.15) is 11.9 Å². The molecule has 0 radical (unpaired) electrons. The number of hydrogen-bond acceptors (Lipinski definition) is 9. The molecule has 4 heterocycles. The molecule has 1 fully saturated rings. The number of hydrogen-bond donors (Lipinski definition) is 2. The number of pyridine rings is 1. The van der Waals surface area contributed by atoms with Crippen LogP contribution in [0.15, 0.2) is 43.0 Å². The van der Waals surface area contributed by atoms with Gasteiger partial charge in [0.15, 0.2) is 10.8 Å². The van der Waals surface area contributed by atoms with Crippen molar-refractivity contribution in [1.82, 2.24) is 29.9 Å². The van der Waals surface area contributed by atoms with E-state index in [9.17, 15) is 4.79 Å². The minimum atomic E-state index is -0.515. The van der Waals surface area contributed by atoms with Gasteiger partial charge in [-0.05, 0) is 43.0 Å². The van der Waals surface area contributed by atoms with Gasteiger partial charge in [-0.25, -0.2) is 19.5 Å². The number of rotatable bonds is 9. The van der Waals surface area contributed by atoms with Gasteiger partial charge in [0, 0.05) is 41.5 Å². The zero-order chi connectivity index (χ0) is 22.8. The average molecular weight is 502 g/mol. The fourth-order valence-corrected chi connectivity index (χ4v) is 4.91. The Bertz CT molecular complexity index is 1290. The summed E-state index contributed by atoms with van der Waals surface area (Å²) in [4.78, 5) is 27.0. The van der Waals surface area contributed by atoms with E-state index in [0.717, 1.165) is 16.0 Å². The van der Waals surface area contributed by atoms with Crippen LogP contribution in [0.2, 0.25) is 5.02 Å². The summed E-state index contributed by atoms with van der Waals surface area (Å²) in [5.74, 6) is 0.855. The Balaban J connectivity index is 1.33. The Morgan fingerprint density at radius 1 is 1.36 bits per heavy atom. The van der Waals surface area contributed by atoms with Gasteiger partial charge >= 0.3 is 0 Å². The number of thiazole rings is 1. The summed E-state index contributed by atoms with van der Waals surface area (Å²) in [5.41, 5.74) is 1.70. The number of anilines is 1. The van der Waals surface area contributed by atoms with Crippen LogP contribution in [0.4, 0.5) is 5.82 Å². The number of fused-ring (bicyclic) bond motifs is 1. The minimum Gasteiger partial charge on any atom is -0.382 e. The highest BCUT2D eigenvalue weighted by molar-refractivity contribution is 8.01. The highest BCUT2D eigenvalue weighted by Gasteiger charge is 2.24. The second kappa shape index (κ2) is 9.64. The molecule has 4 aromatic rings. The minimum absolute atomic E-state index is 0.232. The summed E-state index contributed by atoms with van der Waals surface area (Å²) in [6, 6.07) is 4.89. The van der Waals surface area contributed by atoms with Crippen molar-refractivity contribution in [3.8, 4) is 10.4 Å². The molecule has 12 heteroatoms. The zero-order valence-electron chi connectivity index (χ0n) is 17.6. The SMILES string of the molecule is COCC(NC(=O)c1ncc(-c2cnn3ccc(Cl)cc23)s1)c1nccc(NSC2CC2)n1. The predicted molar refractivity (Wildman–Crippen MR) is 130 cm³/mol. The summed E-state index contributed by atoms with van der Waals surface area (Å²) in [6.07, 6.45) is 9.30. The second-order valence-electron chi connectivity index (χ2n) is 7.46. The average Bonchev–Trinajstić information content (AvgIpc) is 3.36. The molecular weight excluding hydrogens is 482 g/mol. The molecule has 170 valence electrons. The Labute approximate surface area is 203 Å². The largest absolute Gasteiger partial charge is 0.382 e. The van der Waals surface area contributed by atoms with Crippen LogP contribution in [0, 0.1) is 0 Å². The molecular formula is C21H20ClN7O2S2.